The lowest BCUT2D eigenvalue weighted by atomic mass is 9.95. The van der Waals surface area contributed by atoms with E-state index in [0.29, 0.717) is 18.7 Å². The molecule has 2 unspecified atom stereocenters. The Hall–Kier alpha value is -0.770. The third kappa shape index (κ3) is 2.48. The number of nitrogens with zero attached hydrogens (tertiary/aromatic N) is 1. The van der Waals surface area contributed by atoms with E-state index < -0.39 is 0 Å². The summed E-state index contributed by atoms with van der Waals surface area (Å²) in [6, 6.07) is 0.847. The Labute approximate surface area is 97.3 Å². The zero-order chi connectivity index (χ0) is 11.4. The second-order valence-electron chi connectivity index (χ2n) is 4.66. The molecule has 0 saturated carbocycles. The molecule has 2 aliphatic rings. The van der Waals surface area contributed by atoms with Crippen molar-refractivity contribution in [3.63, 3.8) is 0 Å². The largest absolute Gasteiger partial charge is 0.450 e. The number of carbonyl (C=O) groups is 1. The summed E-state index contributed by atoms with van der Waals surface area (Å²) in [4.78, 5) is 13.8. The first-order chi connectivity index (χ1) is 7.83. The molecule has 2 saturated heterocycles. The highest BCUT2D eigenvalue weighted by atomic mass is 16.6. The van der Waals surface area contributed by atoms with Crippen LogP contribution in [0.5, 0.6) is 0 Å². The summed E-state index contributed by atoms with van der Waals surface area (Å²) in [5, 5.41) is 3.50. The molecule has 2 heterocycles. The van der Waals surface area contributed by atoms with Gasteiger partial charge in [-0.2, -0.15) is 0 Å². The molecule has 0 aromatic rings. The van der Waals surface area contributed by atoms with Crippen LogP contribution in [0.4, 0.5) is 4.79 Å². The highest BCUT2D eigenvalue weighted by Gasteiger charge is 2.34. The Balaban J connectivity index is 1.98. The van der Waals surface area contributed by atoms with Crippen molar-refractivity contribution in [1.82, 2.24) is 10.2 Å². The zero-order valence-corrected chi connectivity index (χ0v) is 10.1. The fraction of sp³-hybridized carbons (Fsp3) is 0.917. The number of hydrogen-bond acceptors (Lipinski definition) is 3. The van der Waals surface area contributed by atoms with Gasteiger partial charge in [-0.3, -0.25) is 0 Å². The minimum atomic E-state index is -0.124. The van der Waals surface area contributed by atoms with Gasteiger partial charge >= 0.3 is 6.09 Å². The van der Waals surface area contributed by atoms with Gasteiger partial charge in [0, 0.05) is 12.6 Å². The second kappa shape index (κ2) is 5.53. The molecule has 2 atom stereocenters. The quantitative estimate of drug-likeness (QED) is 0.780. The molecule has 2 fully saturated rings. The number of carbonyl (C=O) groups excluding carboxylic acids is 1. The molecule has 0 radical (unpaired) electrons. The predicted molar refractivity (Wildman–Crippen MR) is 62.4 cm³/mol. The van der Waals surface area contributed by atoms with Gasteiger partial charge in [0.1, 0.15) is 0 Å². The smallest absolute Gasteiger partial charge is 0.410 e. The van der Waals surface area contributed by atoms with Crippen molar-refractivity contribution in [3.8, 4) is 0 Å². The van der Waals surface area contributed by atoms with Gasteiger partial charge in [-0.1, -0.05) is 0 Å². The lowest BCUT2D eigenvalue weighted by Gasteiger charge is -2.38. The molecular weight excluding hydrogens is 204 g/mol. The predicted octanol–water partition coefficient (Wildman–Crippen LogP) is 1.75. The highest BCUT2D eigenvalue weighted by Crippen LogP contribution is 2.24. The molecule has 0 aliphatic carbocycles. The van der Waals surface area contributed by atoms with Gasteiger partial charge in [0.2, 0.25) is 0 Å². The zero-order valence-electron chi connectivity index (χ0n) is 10.1. The van der Waals surface area contributed by atoms with Crippen LogP contribution in [0.1, 0.15) is 39.0 Å². The lowest BCUT2D eigenvalue weighted by Crippen LogP contribution is -2.52. The molecule has 4 nitrogen and oxygen atoms in total. The van der Waals surface area contributed by atoms with Crippen LogP contribution < -0.4 is 5.32 Å². The summed E-state index contributed by atoms with van der Waals surface area (Å²) in [6.07, 6.45) is 5.77. The van der Waals surface area contributed by atoms with E-state index in [2.05, 4.69) is 5.32 Å². The number of amides is 1. The summed E-state index contributed by atoms with van der Waals surface area (Å²) in [6.45, 7) is 4.30. The van der Waals surface area contributed by atoms with Crippen molar-refractivity contribution in [1.29, 1.82) is 0 Å². The molecule has 0 bridgehead atoms. The first-order valence-electron chi connectivity index (χ1n) is 6.49. The average molecular weight is 226 g/mol. The standard InChI is InChI=1S/C12H22N2O2/c1-2-16-12(15)14-9-4-3-7-11(14)10-6-5-8-13-10/h10-11,13H,2-9H2,1H3. The normalized spacial score (nSPS) is 30.4. The summed E-state index contributed by atoms with van der Waals surface area (Å²) in [5.41, 5.74) is 0. The maximum atomic E-state index is 11.8. The van der Waals surface area contributed by atoms with Crippen molar-refractivity contribution in [2.75, 3.05) is 19.7 Å². The van der Waals surface area contributed by atoms with E-state index in [0.717, 1.165) is 25.9 Å². The van der Waals surface area contributed by atoms with Crippen LogP contribution in [-0.4, -0.2) is 42.8 Å². The monoisotopic (exact) mass is 226 g/mol. The molecule has 1 N–H and O–H groups in total. The first-order valence-corrected chi connectivity index (χ1v) is 6.49. The van der Waals surface area contributed by atoms with Gasteiger partial charge in [0.05, 0.1) is 12.6 Å². The van der Waals surface area contributed by atoms with Gasteiger partial charge < -0.3 is 15.0 Å². The van der Waals surface area contributed by atoms with Crippen molar-refractivity contribution in [2.24, 2.45) is 0 Å². The maximum absolute atomic E-state index is 11.8. The van der Waals surface area contributed by atoms with Gasteiger partial charge in [-0.15, -0.1) is 0 Å². The third-order valence-corrected chi connectivity index (χ3v) is 3.61. The van der Waals surface area contributed by atoms with E-state index in [1.54, 1.807) is 0 Å². The van der Waals surface area contributed by atoms with Gasteiger partial charge in [-0.25, -0.2) is 4.79 Å². The highest BCUT2D eigenvalue weighted by molar-refractivity contribution is 5.68. The Morgan fingerprint density at radius 3 is 2.94 bits per heavy atom. The number of nitrogens with one attached hydrogen (secondary N) is 1. The summed E-state index contributed by atoms with van der Waals surface area (Å²) < 4.78 is 5.13. The van der Waals surface area contributed by atoms with Gasteiger partial charge in [-0.05, 0) is 45.6 Å². The third-order valence-electron chi connectivity index (χ3n) is 3.61. The summed E-state index contributed by atoms with van der Waals surface area (Å²) in [5.74, 6) is 0. The molecule has 92 valence electrons. The Morgan fingerprint density at radius 1 is 1.38 bits per heavy atom. The van der Waals surface area contributed by atoms with Crippen LogP contribution in [0.3, 0.4) is 0 Å². The van der Waals surface area contributed by atoms with Crippen LogP contribution in [0.25, 0.3) is 0 Å². The first kappa shape index (κ1) is 11.7. The van der Waals surface area contributed by atoms with Crippen LogP contribution in [0, 0.1) is 0 Å². The molecule has 0 aromatic carbocycles. The molecule has 16 heavy (non-hydrogen) atoms. The Bertz CT molecular complexity index is 239. The van der Waals surface area contributed by atoms with Crippen LogP contribution in [0.15, 0.2) is 0 Å². The van der Waals surface area contributed by atoms with Gasteiger partial charge in [0.25, 0.3) is 0 Å². The van der Waals surface area contributed by atoms with E-state index in [9.17, 15) is 4.79 Å². The van der Waals surface area contributed by atoms with E-state index >= 15 is 0 Å². The van der Waals surface area contributed by atoms with Crippen molar-refractivity contribution in [3.05, 3.63) is 0 Å². The van der Waals surface area contributed by atoms with E-state index in [4.69, 9.17) is 4.74 Å². The second-order valence-corrected chi connectivity index (χ2v) is 4.66. The number of piperidine rings is 1. The van der Waals surface area contributed by atoms with E-state index in [1.165, 1.54) is 19.3 Å². The van der Waals surface area contributed by atoms with Crippen molar-refractivity contribution >= 4 is 6.09 Å². The average Bonchev–Trinajstić information content (AvgIpc) is 2.83. The Kier molecular flexibility index (Phi) is 4.04. The molecule has 2 rings (SSSR count). The molecule has 1 amide bonds. The molecule has 0 aromatic heterocycles. The van der Waals surface area contributed by atoms with Crippen molar-refractivity contribution < 1.29 is 9.53 Å². The van der Waals surface area contributed by atoms with Crippen LogP contribution in [-0.2, 0) is 4.74 Å². The Morgan fingerprint density at radius 2 is 2.25 bits per heavy atom. The fourth-order valence-electron chi connectivity index (χ4n) is 2.85. The van der Waals surface area contributed by atoms with Crippen molar-refractivity contribution in [2.45, 2.75) is 51.1 Å². The maximum Gasteiger partial charge on any atom is 0.410 e. The molecule has 0 spiro atoms. The van der Waals surface area contributed by atoms with Crippen LogP contribution in [0.2, 0.25) is 0 Å². The topological polar surface area (TPSA) is 41.6 Å². The molecular formula is C12H22N2O2. The number of likely N-dealkylation sites (tertiary alicyclic amines) is 1. The summed E-state index contributed by atoms with van der Waals surface area (Å²) >= 11 is 0. The van der Waals surface area contributed by atoms with Crippen LogP contribution >= 0.6 is 0 Å². The lowest BCUT2D eigenvalue weighted by molar-refractivity contribution is 0.0674. The number of hydrogen-bond donors (Lipinski definition) is 1. The number of ether oxygens (including phenoxy) is 1. The van der Waals surface area contributed by atoms with E-state index in [-0.39, 0.29) is 6.09 Å². The van der Waals surface area contributed by atoms with E-state index in [1.807, 2.05) is 11.8 Å². The minimum Gasteiger partial charge on any atom is -0.450 e. The molecule has 2 aliphatic heterocycles. The minimum absolute atomic E-state index is 0.124. The number of rotatable bonds is 2. The fourth-order valence-corrected chi connectivity index (χ4v) is 2.85. The molecule has 4 heteroatoms. The van der Waals surface area contributed by atoms with Gasteiger partial charge in [0.15, 0.2) is 0 Å². The SMILES string of the molecule is CCOC(=O)N1CCCCC1C1CCCN1. The summed E-state index contributed by atoms with van der Waals surface area (Å²) in [7, 11) is 0.